The van der Waals surface area contributed by atoms with Crippen molar-refractivity contribution < 1.29 is 0 Å². The first-order valence-corrected chi connectivity index (χ1v) is 7.21. The van der Waals surface area contributed by atoms with Crippen LogP contribution in [0.3, 0.4) is 0 Å². The zero-order valence-corrected chi connectivity index (χ0v) is 11.9. The predicted molar refractivity (Wildman–Crippen MR) is 82.8 cm³/mol. The molecular weight excluding hydrogens is 252 g/mol. The number of fused-ring (bicyclic) bond motifs is 1. The number of anilines is 1. The van der Waals surface area contributed by atoms with Crippen LogP contribution in [-0.4, -0.2) is 4.98 Å². The smallest absolute Gasteiger partial charge is 0.0579 e. The third-order valence-corrected chi connectivity index (χ3v) is 4.58. The van der Waals surface area contributed by atoms with E-state index in [4.69, 9.17) is 0 Å². The Hall–Kier alpha value is -1.87. The minimum atomic E-state index is 0.292. The van der Waals surface area contributed by atoms with Gasteiger partial charge in [0.05, 0.1) is 17.9 Å². The summed E-state index contributed by atoms with van der Waals surface area (Å²) in [6.07, 6.45) is 3.71. The van der Waals surface area contributed by atoms with Crippen LogP contribution in [0.4, 0.5) is 5.69 Å². The molecule has 0 aliphatic heterocycles. The molecule has 3 rings (SSSR count). The number of hydrogen-bond acceptors (Lipinski definition) is 3. The van der Waals surface area contributed by atoms with Crippen molar-refractivity contribution in [1.82, 2.24) is 4.98 Å². The first kappa shape index (κ1) is 12.2. The molecule has 1 unspecified atom stereocenters. The van der Waals surface area contributed by atoms with Crippen LogP contribution in [0.2, 0.25) is 0 Å². The molecule has 0 fully saturated rings. The summed E-state index contributed by atoms with van der Waals surface area (Å²) in [6, 6.07) is 13.1. The van der Waals surface area contributed by atoms with E-state index in [2.05, 4.69) is 54.5 Å². The average molecular weight is 268 g/mol. The molecule has 0 aliphatic carbocycles. The summed E-state index contributed by atoms with van der Waals surface area (Å²) in [7, 11) is 0. The van der Waals surface area contributed by atoms with Gasteiger partial charge in [-0.15, -0.1) is 11.3 Å². The maximum atomic E-state index is 4.18. The monoisotopic (exact) mass is 268 g/mol. The standard InChI is InChI=1S/C16H16N2S/c1-11-7-8-17-10-14(11)18-12(2)16-9-13-5-3-4-6-15(13)19-16/h3-10,12,18H,1-2H3. The lowest BCUT2D eigenvalue weighted by Gasteiger charge is -2.14. The highest BCUT2D eigenvalue weighted by atomic mass is 32.1. The molecule has 1 aromatic carbocycles. The number of nitrogens with one attached hydrogen (secondary N) is 1. The van der Waals surface area contributed by atoms with E-state index in [9.17, 15) is 0 Å². The number of thiophene rings is 1. The second-order valence-electron chi connectivity index (χ2n) is 4.74. The Bertz CT molecular complexity index is 670. The lowest BCUT2D eigenvalue weighted by molar-refractivity contribution is 0.904. The van der Waals surface area contributed by atoms with Crippen LogP contribution >= 0.6 is 11.3 Å². The van der Waals surface area contributed by atoms with Gasteiger partial charge in [0.1, 0.15) is 0 Å². The molecule has 96 valence electrons. The quantitative estimate of drug-likeness (QED) is 0.739. The third kappa shape index (κ3) is 2.47. The molecule has 2 aromatic heterocycles. The van der Waals surface area contributed by atoms with Gasteiger partial charge in [-0.1, -0.05) is 18.2 Å². The molecule has 3 heteroatoms. The Balaban J connectivity index is 1.87. The molecule has 2 nitrogen and oxygen atoms in total. The average Bonchev–Trinajstić information content (AvgIpc) is 2.85. The Kier molecular flexibility index (Phi) is 3.22. The number of benzene rings is 1. The fourth-order valence-corrected chi connectivity index (χ4v) is 3.20. The van der Waals surface area contributed by atoms with Crippen LogP contribution in [0.1, 0.15) is 23.4 Å². The van der Waals surface area contributed by atoms with Gasteiger partial charge < -0.3 is 5.32 Å². The third-order valence-electron chi connectivity index (χ3n) is 3.28. The summed E-state index contributed by atoms with van der Waals surface area (Å²) < 4.78 is 1.34. The van der Waals surface area contributed by atoms with Gasteiger partial charge in [0, 0.05) is 15.8 Å². The topological polar surface area (TPSA) is 24.9 Å². The van der Waals surface area contributed by atoms with Gasteiger partial charge in [0.2, 0.25) is 0 Å². The highest BCUT2D eigenvalue weighted by Crippen LogP contribution is 2.31. The summed E-state index contributed by atoms with van der Waals surface area (Å²) in [5.41, 5.74) is 2.33. The maximum absolute atomic E-state index is 4.18. The Morgan fingerprint density at radius 1 is 1.21 bits per heavy atom. The SMILES string of the molecule is Cc1ccncc1NC(C)c1cc2ccccc2s1. The predicted octanol–water partition coefficient (Wildman–Crippen LogP) is 4.78. The number of hydrogen-bond donors (Lipinski definition) is 1. The molecule has 0 radical (unpaired) electrons. The number of rotatable bonds is 3. The molecule has 0 spiro atoms. The zero-order chi connectivity index (χ0) is 13.2. The van der Waals surface area contributed by atoms with Crippen molar-refractivity contribution in [1.29, 1.82) is 0 Å². The molecule has 0 saturated heterocycles. The second-order valence-corrected chi connectivity index (χ2v) is 5.86. The summed E-state index contributed by atoms with van der Waals surface area (Å²) in [5.74, 6) is 0. The first-order valence-electron chi connectivity index (χ1n) is 6.39. The number of nitrogens with zero attached hydrogens (tertiary/aromatic N) is 1. The highest BCUT2D eigenvalue weighted by molar-refractivity contribution is 7.19. The van der Waals surface area contributed by atoms with E-state index in [-0.39, 0.29) is 0 Å². The molecule has 1 atom stereocenters. The van der Waals surface area contributed by atoms with Crippen LogP contribution in [0.5, 0.6) is 0 Å². The van der Waals surface area contributed by atoms with Crippen molar-refractivity contribution in [3.8, 4) is 0 Å². The van der Waals surface area contributed by atoms with Gasteiger partial charge in [-0.3, -0.25) is 4.98 Å². The van der Waals surface area contributed by atoms with Crippen molar-refractivity contribution in [2.24, 2.45) is 0 Å². The highest BCUT2D eigenvalue weighted by Gasteiger charge is 2.10. The number of aromatic nitrogens is 1. The molecule has 3 aromatic rings. The molecule has 2 heterocycles. The van der Waals surface area contributed by atoms with Gasteiger partial charge in [0.15, 0.2) is 0 Å². The summed E-state index contributed by atoms with van der Waals surface area (Å²) in [5, 5.41) is 4.85. The van der Waals surface area contributed by atoms with Crippen LogP contribution in [0.15, 0.2) is 48.8 Å². The van der Waals surface area contributed by atoms with Gasteiger partial charge in [0.25, 0.3) is 0 Å². The summed E-state index contributed by atoms with van der Waals surface area (Å²) in [4.78, 5) is 5.53. The summed E-state index contributed by atoms with van der Waals surface area (Å²) >= 11 is 1.85. The van der Waals surface area contributed by atoms with E-state index in [0.717, 1.165) is 5.69 Å². The van der Waals surface area contributed by atoms with Crippen molar-refractivity contribution >= 4 is 27.1 Å². The molecule has 0 amide bonds. The Morgan fingerprint density at radius 2 is 2.05 bits per heavy atom. The van der Waals surface area contributed by atoms with Crippen molar-refractivity contribution in [3.05, 3.63) is 59.2 Å². The largest absolute Gasteiger partial charge is 0.376 e. The molecule has 0 aliphatic rings. The zero-order valence-electron chi connectivity index (χ0n) is 11.1. The van der Waals surface area contributed by atoms with E-state index in [0.29, 0.717) is 6.04 Å². The van der Waals surface area contributed by atoms with Crippen molar-refractivity contribution in [2.45, 2.75) is 19.9 Å². The lowest BCUT2D eigenvalue weighted by atomic mass is 10.2. The van der Waals surface area contributed by atoms with E-state index in [1.807, 2.05) is 29.8 Å². The molecule has 0 saturated carbocycles. The van der Waals surface area contributed by atoms with Crippen molar-refractivity contribution in [2.75, 3.05) is 5.32 Å². The fraction of sp³-hybridized carbons (Fsp3) is 0.188. The minimum absolute atomic E-state index is 0.292. The normalized spacial score (nSPS) is 12.5. The van der Waals surface area contributed by atoms with Gasteiger partial charge in [-0.25, -0.2) is 0 Å². The van der Waals surface area contributed by atoms with Gasteiger partial charge in [-0.2, -0.15) is 0 Å². The van der Waals surface area contributed by atoms with Gasteiger partial charge in [-0.05, 0) is 43.0 Å². The van der Waals surface area contributed by atoms with Crippen LogP contribution in [0.25, 0.3) is 10.1 Å². The fourth-order valence-electron chi connectivity index (χ4n) is 2.14. The first-order chi connectivity index (χ1) is 9.24. The molecule has 0 bridgehead atoms. The van der Waals surface area contributed by atoms with Crippen molar-refractivity contribution in [3.63, 3.8) is 0 Å². The number of pyridine rings is 1. The van der Waals surface area contributed by atoms with Gasteiger partial charge >= 0.3 is 0 Å². The molecule has 1 N–H and O–H groups in total. The Labute approximate surface area is 117 Å². The van der Waals surface area contributed by atoms with E-state index >= 15 is 0 Å². The lowest BCUT2D eigenvalue weighted by Crippen LogP contribution is -2.06. The molecular formula is C16H16N2S. The van der Waals surface area contributed by atoms with E-state index < -0.39 is 0 Å². The van der Waals surface area contributed by atoms with Crippen LogP contribution in [0, 0.1) is 6.92 Å². The Morgan fingerprint density at radius 3 is 2.84 bits per heavy atom. The van der Waals surface area contributed by atoms with Crippen LogP contribution in [-0.2, 0) is 0 Å². The summed E-state index contributed by atoms with van der Waals surface area (Å²) in [6.45, 7) is 4.29. The number of aryl methyl sites for hydroxylation is 1. The van der Waals surface area contributed by atoms with E-state index in [1.54, 1.807) is 0 Å². The van der Waals surface area contributed by atoms with Crippen LogP contribution < -0.4 is 5.32 Å². The minimum Gasteiger partial charge on any atom is -0.376 e. The second kappa shape index (κ2) is 5.02. The molecule has 19 heavy (non-hydrogen) atoms. The maximum Gasteiger partial charge on any atom is 0.0579 e. The van der Waals surface area contributed by atoms with E-state index in [1.165, 1.54) is 20.5 Å².